The fraction of sp³-hybridized carbons (Fsp3) is 0.353. The van der Waals surface area contributed by atoms with Crippen LogP contribution in [-0.4, -0.2) is 3.21 Å². The standard InChI is InChI=1S/C29H41.C17H11Cl.C5H5.Zr/c1-26(2,3)22-14-18-13-19-15-23(27(4,5)6)25(29(10,11)12)17-21(19)20(18)16-24(22)28(7,8)9;18-16-10-8-13(9-11-16)12-15-6-3-5-14-4-1-2-7-17(14)15;1-2-4-5-3-1;/h14,16-17H,13H2,1-12H3;1-11H;1-3H,4H2;. The fourth-order valence-corrected chi connectivity index (χ4v) is 18.1. The molecular formula is C51H57ClZr. The minimum absolute atomic E-state index is 0.0343. The van der Waals surface area contributed by atoms with Crippen LogP contribution >= 0.6 is 11.6 Å². The number of benzene rings is 5. The zero-order chi connectivity index (χ0) is 38.2. The summed E-state index contributed by atoms with van der Waals surface area (Å²) in [7, 11) is 0. The first kappa shape index (κ1) is 38.2. The van der Waals surface area contributed by atoms with Crippen molar-refractivity contribution in [3.05, 3.63) is 156 Å². The minimum atomic E-state index is -3.09. The summed E-state index contributed by atoms with van der Waals surface area (Å²) in [4.78, 5) is 0. The molecule has 0 radical (unpaired) electrons. The first-order chi connectivity index (χ1) is 24.7. The van der Waals surface area contributed by atoms with E-state index in [-0.39, 0.29) is 21.7 Å². The van der Waals surface area contributed by atoms with Crippen LogP contribution in [0.15, 0.2) is 106 Å². The predicted molar refractivity (Wildman–Crippen MR) is 230 cm³/mol. The molecule has 0 fully saturated rings. The van der Waals surface area contributed by atoms with Gasteiger partial charge < -0.3 is 0 Å². The third-order valence-corrected chi connectivity index (χ3v) is 19.2. The van der Waals surface area contributed by atoms with Crippen LogP contribution in [-0.2, 0) is 49.3 Å². The Bertz CT molecular complexity index is 2350. The van der Waals surface area contributed by atoms with Crippen LogP contribution < -0.4 is 3.27 Å². The second-order valence-corrected chi connectivity index (χ2v) is 25.9. The molecule has 53 heavy (non-hydrogen) atoms. The van der Waals surface area contributed by atoms with E-state index in [2.05, 4.69) is 186 Å². The van der Waals surface area contributed by atoms with Gasteiger partial charge in [-0.1, -0.05) is 0 Å². The molecule has 2 heteroatoms. The topological polar surface area (TPSA) is 0 Å². The zero-order valence-electron chi connectivity index (χ0n) is 34.1. The normalized spacial score (nSPS) is 15.1. The van der Waals surface area contributed by atoms with Crippen LogP contribution in [0.5, 0.6) is 0 Å². The van der Waals surface area contributed by atoms with Gasteiger partial charge in [-0.3, -0.25) is 0 Å². The summed E-state index contributed by atoms with van der Waals surface area (Å²) in [5, 5.41) is 3.40. The number of hydrogen-bond donors (Lipinski definition) is 0. The summed E-state index contributed by atoms with van der Waals surface area (Å²) in [6, 6.07) is 32.6. The molecule has 0 bridgehead atoms. The Morgan fingerprint density at radius 3 is 1.83 bits per heavy atom. The summed E-state index contributed by atoms with van der Waals surface area (Å²) < 4.78 is 4.89. The zero-order valence-corrected chi connectivity index (χ0v) is 37.3. The number of hydrogen-bond acceptors (Lipinski definition) is 0. The van der Waals surface area contributed by atoms with E-state index < -0.39 is 21.3 Å². The molecule has 0 heterocycles. The third-order valence-electron chi connectivity index (χ3n) is 11.3. The van der Waals surface area contributed by atoms with E-state index in [0.29, 0.717) is 0 Å². The second-order valence-electron chi connectivity index (χ2n) is 19.5. The predicted octanol–water partition coefficient (Wildman–Crippen LogP) is 13.6. The van der Waals surface area contributed by atoms with Crippen LogP contribution in [0.4, 0.5) is 0 Å². The number of fused-ring (bicyclic) bond motifs is 4. The van der Waals surface area contributed by atoms with Crippen molar-refractivity contribution < 1.29 is 21.3 Å². The van der Waals surface area contributed by atoms with Gasteiger partial charge in [-0.2, -0.15) is 0 Å². The van der Waals surface area contributed by atoms with E-state index in [0.717, 1.165) is 17.9 Å². The number of allylic oxidation sites excluding steroid dienone is 4. The van der Waals surface area contributed by atoms with Crippen LogP contribution in [0.3, 0.4) is 0 Å². The van der Waals surface area contributed by atoms with Gasteiger partial charge in [0, 0.05) is 0 Å². The monoisotopic (exact) mass is 794 g/mol. The van der Waals surface area contributed by atoms with Crippen molar-refractivity contribution in [2.24, 2.45) is 0 Å². The SMILES string of the molecule is CC(C)(C)c1cc2c(cc1C(C)(C)C)-c1cc(C(C)(C)C)c(C(C)(C)C)[c](/[Zr]([C]3=CC=CC3)=[C](\c3ccc(Cl)cc3)c3cccc4ccccc34)c1C2. The summed E-state index contributed by atoms with van der Waals surface area (Å²) in [6.07, 6.45) is 9.21. The Morgan fingerprint density at radius 1 is 0.623 bits per heavy atom. The maximum atomic E-state index is 6.64. The molecule has 272 valence electrons. The molecular weight excluding hydrogens is 739 g/mol. The molecule has 5 aromatic carbocycles. The van der Waals surface area contributed by atoms with E-state index in [1.54, 1.807) is 20.9 Å². The molecule has 0 N–H and O–H groups in total. The van der Waals surface area contributed by atoms with Gasteiger partial charge in [0.1, 0.15) is 0 Å². The van der Waals surface area contributed by atoms with Crippen molar-refractivity contribution in [1.29, 1.82) is 0 Å². The van der Waals surface area contributed by atoms with Crippen molar-refractivity contribution in [2.45, 2.75) is 118 Å². The molecule has 0 nitrogen and oxygen atoms in total. The first-order valence-corrected chi connectivity index (χ1v) is 23.6. The maximum absolute atomic E-state index is 6.64. The van der Waals surface area contributed by atoms with Gasteiger partial charge in [-0.25, -0.2) is 0 Å². The van der Waals surface area contributed by atoms with Crippen molar-refractivity contribution in [2.75, 3.05) is 0 Å². The Balaban J connectivity index is 1.72. The van der Waals surface area contributed by atoms with Gasteiger partial charge in [-0.05, 0) is 0 Å². The summed E-state index contributed by atoms with van der Waals surface area (Å²) in [5.41, 5.74) is 14.7. The van der Waals surface area contributed by atoms with Crippen molar-refractivity contribution in [3.8, 4) is 11.1 Å². The number of rotatable bonds is 4. The van der Waals surface area contributed by atoms with E-state index >= 15 is 0 Å². The molecule has 0 saturated heterocycles. The molecule has 2 aliphatic carbocycles. The van der Waals surface area contributed by atoms with E-state index in [4.69, 9.17) is 11.6 Å². The molecule has 0 spiro atoms. The quantitative estimate of drug-likeness (QED) is 0.167. The summed E-state index contributed by atoms with van der Waals surface area (Å²) in [6.45, 7) is 29.0. The van der Waals surface area contributed by atoms with Crippen LogP contribution in [0.25, 0.3) is 21.9 Å². The Labute approximate surface area is 332 Å². The molecule has 2 aliphatic rings. The Kier molecular flexibility index (Phi) is 9.77. The van der Waals surface area contributed by atoms with Crippen molar-refractivity contribution >= 4 is 28.9 Å². The third kappa shape index (κ3) is 7.12. The van der Waals surface area contributed by atoms with Crippen LogP contribution in [0, 0.1) is 0 Å². The number of halogens is 1. The van der Waals surface area contributed by atoms with Crippen LogP contribution in [0.1, 0.15) is 134 Å². The molecule has 0 amide bonds. The average Bonchev–Trinajstić information content (AvgIpc) is 3.73. The van der Waals surface area contributed by atoms with Gasteiger partial charge in [-0.15, -0.1) is 0 Å². The molecule has 0 aliphatic heterocycles. The summed E-state index contributed by atoms with van der Waals surface area (Å²) >= 11 is 3.55. The Morgan fingerprint density at radius 2 is 1.23 bits per heavy atom. The average molecular weight is 797 g/mol. The summed E-state index contributed by atoms with van der Waals surface area (Å²) in [5.74, 6) is 0. The van der Waals surface area contributed by atoms with E-state index in [1.807, 2.05) is 0 Å². The van der Waals surface area contributed by atoms with Gasteiger partial charge in [0.15, 0.2) is 0 Å². The molecule has 7 rings (SSSR count). The van der Waals surface area contributed by atoms with Crippen molar-refractivity contribution in [3.63, 3.8) is 0 Å². The molecule has 0 atom stereocenters. The molecule has 0 unspecified atom stereocenters. The fourth-order valence-electron chi connectivity index (χ4n) is 8.84. The van der Waals surface area contributed by atoms with E-state index in [1.165, 1.54) is 55.3 Å². The second kappa shape index (κ2) is 13.6. The molecule has 5 aromatic rings. The van der Waals surface area contributed by atoms with Gasteiger partial charge in [0.05, 0.1) is 0 Å². The van der Waals surface area contributed by atoms with Gasteiger partial charge >= 0.3 is 335 Å². The van der Waals surface area contributed by atoms with Crippen LogP contribution in [0.2, 0.25) is 5.02 Å². The molecule has 0 saturated carbocycles. The van der Waals surface area contributed by atoms with E-state index in [9.17, 15) is 0 Å². The first-order valence-electron chi connectivity index (χ1n) is 19.5. The van der Waals surface area contributed by atoms with Gasteiger partial charge in [0.25, 0.3) is 0 Å². The van der Waals surface area contributed by atoms with Crippen molar-refractivity contribution in [1.82, 2.24) is 0 Å². The van der Waals surface area contributed by atoms with Gasteiger partial charge in [0.2, 0.25) is 0 Å². The molecule has 0 aromatic heterocycles. The Hall–Kier alpha value is -3.12.